The van der Waals surface area contributed by atoms with Gasteiger partial charge in [-0.05, 0) is 62.9 Å². The number of amides is 2. The third-order valence-electron chi connectivity index (χ3n) is 6.12. The number of likely N-dealkylation sites (tertiary alicyclic amines) is 1. The average Bonchev–Trinajstić information content (AvgIpc) is 3.19. The Bertz CT molecular complexity index is 1030. The molecular formula is C25H29ClN2O3. The first-order valence-electron chi connectivity index (χ1n) is 10.8. The lowest BCUT2D eigenvalue weighted by atomic mass is 9.71. The highest BCUT2D eigenvalue weighted by Crippen LogP contribution is 2.54. The summed E-state index contributed by atoms with van der Waals surface area (Å²) in [6.07, 6.45) is 0.191. The van der Waals surface area contributed by atoms with Crippen LogP contribution in [0.15, 0.2) is 48.5 Å². The molecular weight excluding hydrogens is 412 g/mol. The van der Waals surface area contributed by atoms with E-state index in [0.29, 0.717) is 18.0 Å². The lowest BCUT2D eigenvalue weighted by Crippen LogP contribution is -2.53. The van der Waals surface area contributed by atoms with Gasteiger partial charge in [-0.15, -0.1) is 0 Å². The molecule has 2 heterocycles. The minimum absolute atomic E-state index is 0.0132. The average molecular weight is 441 g/mol. The number of hydrogen-bond acceptors (Lipinski definition) is 3. The lowest BCUT2D eigenvalue weighted by molar-refractivity contribution is -0.123. The van der Waals surface area contributed by atoms with Gasteiger partial charge in [0.25, 0.3) is 0 Å². The van der Waals surface area contributed by atoms with E-state index in [9.17, 15) is 9.59 Å². The van der Waals surface area contributed by atoms with E-state index >= 15 is 0 Å². The third kappa shape index (κ3) is 3.49. The molecule has 0 bridgehead atoms. The molecule has 5 nitrogen and oxygen atoms in total. The minimum atomic E-state index is -0.815. The van der Waals surface area contributed by atoms with Gasteiger partial charge in [0.2, 0.25) is 5.91 Å². The Kier molecular flexibility index (Phi) is 5.29. The molecule has 2 aromatic rings. The van der Waals surface area contributed by atoms with Gasteiger partial charge >= 0.3 is 6.09 Å². The van der Waals surface area contributed by atoms with E-state index in [1.54, 1.807) is 21.9 Å². The van der Waals surface area contributed by atoms with Crippen LogP contribution in [0.25, 0.3) is 0 Å². The van der Waals surface area contributed by atoms with Crippen molar-refractivity contribution in [2.75, 3.05) is 11.4 Å². The quantitative estimate of drug-likeness (QED) is 0.582. The lowest BCUT2D eigenvalue weighted by Gasteiger charge is -2.37. The second-order valence-electron chi connectivity index (χ2n) is 9.72. The van der Waals surface area contributed by atoms with E-state index < -0.39 is 11.0 Å². The van der Waals surface area contributed by atoms with E-state index in [4.69, 9.17) is 16.3 Å². The molecule has 1 unspecified atom stereocenters. The molecule has 2 aromatic carbocycles. The van der Waals surface area contributed by atoms with E-state index in [1.807, 2.05) is 57.2 Å². The topological polar surface area (TPSA) is 49.9 Å². The predicted octanol–water partition coefficient (Wildman–Crippen LogP) is 5.92. The predicted molar refractivity (Wildman–Crippen MR) is 123 cm³/mol. The van der Waals surface area contributed by atoms with Crippen LogP contribution in [0.5, 0.6) is 0 Å². The van der Waals surface area contributed by atoms with Crippen molar-refractivity contribution in [3.63, 3.8) is 0 Å². The zero-order valence-corrected chi connectivity index (χ0v) is 19.4. The molecule has 0 radical (unpaired) electrons. The Hall–Kier alpha value is -2.53. The fraction of sp³-hybridized carbons (Fsp3) is 0.440. The second kappa shape index (κ2) is 7.56. The van der Waals surface area contributed by atoms with Crippen molar-refractivity contribution in [2.24, 2.45) is 5.92 Å². The molecule has 4 rings (SSSR count). The minimum Gasteiger partial charge on any atom is -0.444 e. The molecule has 164 valence electrons. The third-order valence-corrected chi connectivity index (χ3v) is 6.36. The summed E-state index contributed by atoms with van der Waals surface area (Å²) in [5, 5.41) is 0.575. The van der Waals surface area contributed by atoms with Crippen LogP contribution in [0.2, 0.25) is 5.02 Å². The molecule has 0 aromatic heterocycles. The molecule has 6 heteroatoms. The molecule has 2 atom stereocenters. The van der Waals surface area contributed by atoms with Crippen LogP contribution >= 0.6 is 11.6 Å². The van der Waals surface area contributed by atoms with Crippen molar-refractivity contribution in [1.29, 1.82) is 0 Å². The number of para-hydroxylation sites is 1. The highest BCUT2D eigenvalue weighted by Gasteiger charge is 2.62. The van der Waals surface area contributed by atoms with E-state index in [-0.39, 0.29) is 24.0 Å². The number of anilines is 2. The Morgan fingerprint density at radius 2 is 1.87 bits per heavy atom. The van der Waals surface area contributed by atoms with Crippen LogP contribution in [0, 0.1) is 5.92 Å². The normalized spacial score (nSPS) is 23.1. The number of carbonyl (C=O) groups excluding carboxylic acids is 2. The largest absolute Gasteiger partial charge is 0.444 e. The number of carbonyl (C=O) groups is 2. The van der Waals surface area contributed by atoms with E-state index in [1.165, 1.54) is 0 Å². The van der Waals surface area contributed by atoms with Crippen molar-refractivity contribution in [1.82, 2.24) is 4.90 Å². The van der Waals surface area contributed by atoms with Crippen LogP contribution < -0.4 is 4.90 Å². The number of ether oxygens (including phenoxy) is 1. The summed E-state index contributed by atoms with van der Waals surface area (Å²) in [6.45, 7) is 10.2. The summed E-state index contributed by atoms with van der Waals surface area (Å²) >= 11 is 6.25. The van der Waals surface area contributed by atoms with Gasteiger partial charge in [0.15, 0.2) is 0 Å². The summed E-state index contributed by atoms with van der Waals surface area (Å²) in [7, 11) is 0. The molecule has 2 aliphatic rings. The summed E-state index contributed by atoms with van der Waals surface area (Å²) in [4.78, 5) is 30.8. The van der Waals surface area contributed by atoms with E-state index in [2.05, 4.69) is 13.8 Å². The second-order valence-corrected chi connectivity index (χ2v) is 10.2. The van der Waals surface area contributed by atoms with Crippen molar-refractivity contribution in [2.45, 2.75) is 58.1 Å². The SMILES string of the molecule is CC(C)C1N(C(=O)OC(C)(C)C)CC[C@@]12C(=O)N(c1cccc(Cl)c1)c1ccccc12. The Labute approximate surface area is 188 Å². The Morgan fingerprint density at radius 1 is 1.16 bits per heavy atom. The van der Waals surface area contributed by atoms with E-state index in [0.717, 1.165) is 16.9 Å². The van der Waals surface area contributed by atoms with Gasteiger partial charge in [0, 0.05) is 11.6 Å². The van der Waals surface area contributed by atoms with Crippen LogP contribution in [0.1, 0.15) is 46.6 Å². The summed E-state index contributed by atoms with van der Waals surface area (Å²) < 4.78 is 5.70. The van der Waals surface area contributed by atoms with Gasteiger partial charge in [-0.2, -0.15) is 0 Å². The summed E-state index contributed by atoms with van der Waals surface area (Å²) in [6, 6.07) is 14.9. The van der Waals surface area contributed by atoms with Gasteiger partial charge in [0.1, 0.15) is 5.60 Å². The number of hydrogen-bond donors (Lipinski definition) is 0. The maximum atomic E-state index is 14.2. The number of rotatable bonds is 2. The fourth-order valence-electron chi connectivity index (χ4n) is 5.17. The molecule has 2 aliphatic heterocycles. The zero-order chi connectivity index (χ0) is 22.6. The molecule has 1 saturated heterocycles. The maximum Gasteiger partial charge on any atom is 0.410 e. The number of fused-ring (bicyclic) bond motifs is 2. The Morgan fingerprint density at radius 3 is 2.52 bits per heavy atom. The molecule has 0 aliphatic carbocycles. The van der Waals surface area contributed by atoms with Crippen LogP contribution in [-0.2, 0) is 14.9 Å². The van der Waals surface area contributed by atoms with Gasteiger partial charge in [-0.1, -0.05) is 49.7 Å². The van der Waals surface area contributed by atoms with Crippen LogP contribution in [0.4, 0.5) is 16.2 Å². The number of nitrogens with zero attached hydrogens (tertiary/aromatic N) is 2. The van der Waals surface area contributed by atoms with Crippen LogP contribution in [-0.4, -0.2) is 35.1 Å². The van der Waals surface area contributed by atoms with Crippen LogP contribution in [0.3, 0.4) is 0 Å². The molecule has 0 saturated carbocycles. The molecule has 2 amide bonds. The summed E-state index contributed by atoms with van der Waals surface area (Å²) in [5.74, 6) is 0.0482. The molecule has 1 spiro atoms. The molecule has 0 N–H and O–H groups in total. The highest BCUT2D eigenvalue weighted by molar-refractivity contribution is 6.31. The number of halogens is 1. The highest BCUT2D eigenvalue weighted by atomic mass is 35.5. The van der Waals surface area contributed by atoms with Crippen molar-refractivity contribution in [3.8, 4) is 0 Å². The van der Waals surface area contributed by atoms with Gasteiger partial charge < -0.3 is 9.64 Å². The number of benzene rings is 2. The summed E-state index contributed by atoms with van der Waals surface area (Å²) in [5.41, 5.74) is 1.14. The Balaban J connectivity index is 1.84. The first-order chi connectivity index (χ1) is 14.6. The van der Waals surface area contributed by atoms with Gasteiger partial charge in [-0.25, -0.2) is 4.79 Å². The van der Waals surface area contributed by atoms with Gasteiger partial charge in [-0.3, -0.25) is 9.69 Å². The zero-order valence-electron chi connectivity index (χ0n) is 18.7. The van der Waals surface area contributed by atoms with Gasteiger partial charge in [0.05, 0.1) is 22.8 Å². The standard InChI is InChI=1S/C25H29ClN2O3/c1-16(2)21-25(13-14-27(21)23(30)31-24(3,4)5)19-11-6-7-12-20(19)28(22(25)29)18-10-8-9-17(26)15-18/h6-12,15-16,21H,13-14H2,1-5H3/t21?,25-/m0/s1. The molecule has 1 fully saturated rings. The van der Waals surface area contributed by atoms with Crippen molar-refractivity contribution < 1.29 is 14.3 Å². The smallest absolute Gasteiger partial charge is 0.410 e. The first kappa shape index (κ1) is 21.7. The van der Waals surface area contributed by atoms with Crippen molar-refractivity contribution >= 4 is 35.0 Å². The monoisotopic (exact) mass is 440 g/mol. The van der Waals surface area contributed by atoms with Crippen molar-refractivity contribution in [3.05, 3.63) is 59.1 Å². The maximum absolute atomic E-state index is 14.2. The first-order valence-corrected chi connectivity index (χ1v) is 11.1. The molecule has 31 heavy (non-hydrogen) atoms. The fourth-order valence-corrected chi connectivity index (χ4v) is 5.36.